The average molecular weight is 351 g/mol. The van der Waals surface area contributed by atoms with Crippen LogP contribution in [0.15, 0.2) is 24.3 Å². The summed E-state index contributed by atoms with van der Waals surface area (Å²) in [6.07, 6.45) is 3.45. The number of carbonyl (C=O) groups is 2. The molecular weight excluding hydrogens is 330 g/mol. The Morgan fingerprint density at radius 3 is 2.85 bits per heavy atom. The van der Waals surface area contributed by atoms with Crippen LogP contribution >= 0.6 is 0 Å². The number of imidazole rings is 1. The van der Waals surface area contributed by atoms with Gasteiger partial charge in [0.15, 0.2) is 11.5 Å². The highest BCUT2D eigenvalue weighted by atomic mass is 16.2. The summed E-state index contributed by atoms with van der Waals surface area (Å²) in [4.78, 5) is 29.5. The molecule has 0 bridgehead atoms. The maximum Gasteiger partial charge on any atom is 0.287 e. The number of fused-ring (bicyclic) bond motifs is 1. The number of benzene rings is 1. The molecular formula is C19H21N5O2. The second kappa shape index (κ2) is 7.83. The van der Waals surface area contributed by atoms with E-state index in [1.54, 1.807) is 24.3 Å². The largest absolute Gasteiger partial charge is 0.349 e. The van der Waals surface area contributed by atoms with Crippen molar-refractivity contribution in [2.75, 3.05) is 11.9 Å². The number of nitrogens with zero attached hydrogens (tertiary/aromatic N) is 3. The van der Waals surface area contributed by atoms with Crippen molar-refractivity contribution in [3.8, 4) is 6.07 Å². The van der Waals surface area contributed by atoms with Gasteiger partial charge in [-0.05, 0) is 37.8 Å². The van der Waals surface area contributed by atoms with Crippen LogP contribution in [-0.4, -0.2) is 27.9 Å². The van der Waals surface area contributed by atoms with Gasteiger partial charge < -0.3 is 15.2 Å². The van der Waals surface area contributed by atoms with Gasteiger partial charge in [0.25, 0.3) is 11.8 Å². The number of anilines is 1. The van der Waals surface area contributed by atoms with Crippen LogP contribution in [0, 0.1) is 11.3 Å². The Kier molecular flexibility index (Phi) is 5.32. The van der Waals surface area contributed by atoms with Crippen molar-refractivity contribution in [1.29, 1.82) is 5.26 Å². The molecule has 2 aromatic rings. The fourth-order valence-electron chi connectivity index (χ4n) is 3.09. The van der Waals surface area contributed by atoms with Gasteiger partial charge >= 0.3 is 0 Å². The van der Waals surface area contributed by atoms with Gasteiger partial charge in [0.05, 0.1) is 16.9 Å². The van der Waals surface area contributed by atoms with Gasteiger partial charge in [-0.15, -0.1) is 0 Å². The molecule has 0 radical (unpaired) electrons. The zero-order valence-electron chi connectivity index (χ0n) is 14.7. The monoisotopic (exact) mass is 351 g/mol. The smallest absolute Gasteiger partial charge is 0.287 e. The molecule has 0 saturated carbocycles. The molecule has 1 aromatic heterocycles. The fraction of sp³-hybridized carbons (Fsp3) is 0.368. The summed E-state index contributed by atoms with van der Waals surface area (Å²) in [7, 11) is 0. The first-order chi connectivity index (χ1) is 12.7. The summed E-state index contributed by atoms with van der Waals surface area (Å²) in [5.41, 5.74) is 1.87. The van der Waals surface area contributed by atoms with Crippen molar-refractivity contribution >= 4 is 17.5 Å². The van der Waals surface area contributed by atoms with Crippen LogP contribution in [0.5, 0.6) is 0 Å². The van der Waals surface area contributed by atoms with Crippen LogP contribution in [0.4, 0.5) is 5.69 Å². The number of amides is 2. The van der Waals surface area contributed by atoms with Gasteiger partial charge in [0, 0.05) is 13.1 Å². The first-order valence-corrected chi connectivity index (χ1v) is 8.83. The average Bonchev–Trinajstić information content (AvgIpc) is 3.06. The van der Waals surface area contributed by atoms with Gasteiger partial charge in [-0.2, -0.15) is 5.26 Å². The summed E-state index contributed by atoms with van der Waals surface area (Å²) >= 11 is 0. The van der Waals surface area contributed by atoms with Gasteiger partial charge in [-0.1, -0.05) is 19.1 Å². The highest BCUT2D eigenvalue weighted by Crippen LogP contribution is 2.23. The fourth-order valence-corrected chi connectivity index (χ4v) is 3.09. The summed E-state index contributed by atoms with van der Waals surface area (Å²) in [5.74, 6) is -0.369. The number of rotatable bonds is 5. The molecule has 1 aromatic carbocycles. The third-order valence-electron chi connectivity index (χ3n) is 4.37. The predicted octanol–water partition coefficient (Wildman–Crippen LogP) is 2.48. The lowest BCUT2D eigenvalue weighted by molar-refractivity contribution is 0.0937. The maximum absolute atomic E-state index is 12.8. The lowest BCUT2D eigenvalue weighted by atomic mass is 10.1. The molecule has 7 heteroatoms. The van der Waals surface area contributed by atoms with Crippen molar-refractivity contribution in [1.82, 2.24) is 14.9 Å². The van der Waals surface area contributed by atoms with E-state index >= 15 is 0 Å². The van der Waals surface area contributed by atoms with Crippen molar-refractivity contribution in [2.24, 2.45) is 0 Å². The van der Waals surface area contributed by atoms with Gasteiger partial charge in [0.1, 0.15) is 6.07 Å². The molecule has 134 valence electrons. The third kappa shape index (κ3) is 3.45. The Morgan fingerprint density at radius 2 is 2.08 bits per heavy atom. The molecule has 0 fully saturated rings. The number of carbonyl (C=O) groups excluding carboxylic acids is 2. The highest BCUT2D eigenvalue weighted by Gasteiger charge is 2.27. The first-order valence-electron chi connectivity index (χ1n) is 8.83. The lowest BCUT2D eigenvalue weighted by Gasteiger charge is -2.17. The van der Waals surface area contributed by atoms with E-state index in [4.69, 9.17) is 0 Å². The van der Waals surface area contributed by atoms with Crippen LogP contribution in [0.2, 0.25) is 0 Å². The van der Waals surface area contributed by atoms with Crippen molar-refractivity contribution < 1.29 is 9.59 Å². The molecule has 2 heterocycles. The topological polar surface area (TPSA) is 99.8 Å². The Bertz CT molecular complexity index is 879. The van der Waals surface area contributed by atoms with E-state index in [1.165, 1.54) is 0 Å². The van der Waals surface area contributed by atoms with E-state index in [9.17, 15) is 14.9 Å². The molecule has 2 amide bonds. The lowest BCUT2D eigenvalue weighted by Crippen LogP contribution is -2.28. The second-order valence-corrected chi connectivity index (χ2v) is 6.21. The Balaban J connectivity index is 1.92. The molecule has 7 nitrogen and oxygen atoms in total. The Morgan fingerprint density at radius 1 is 1.27 bits per heavy atom. The zero-order chi connectivity index (χ0) is 18.5. The normalized spacial score (nSPS) is 12.8. The molecule has 0 atom stereocenters. The number of para-hydroxylation sites is 1. The minimum atomic E-state index is -0.395. The van der Waals surface area contributed by atoms with E-state index < -0.39 is 5.91 Å². The number of aromatic nitrogens is 2. The molecule has 2 N–H and O–H groups in total. The number of hydrogen-bond acceptors (Lipinski definition) is 4. The third-order valence-corrected chi connectivity index (χ3v) is 4.37. The molecule has 26 heavy (non-hydrogen) atoms. The molecule has 3 rings (SSSR count). The van der Waals surface area contributed by atoms with Gasteiger partial charge in [0.2, 0.25) is 0 Å². The summed E-state index contributed by atoms with van der Waals surface area (Å²) in [6.45, 7) is 3.23. The molecule has 0 spiro atoms. The SMILES string of the molecule is CCCNC(=O)c1nc(C(=O)Nc2ccccc2C#N)c2n1CCCC2. The number of hydrogen-bond donors (Lipinski definition) is 2. The summed E-state index contributed by atoms with van der Waals surface area (Å²) < 4.78 is 1.85. The molecule has 0 aliphatic carbocycles. The molecule has 1 aliphatic heterocycles. The second-order valence-electron chi connectivity index (χ2n) is 6.21. The quantitative estimate of drug-likeness (QED) is 0.864. The van der Waals surface area contributed by atoms with Crippen LogP contribution in [0.1, 0.15) is 58.6 Å². The molecule has 0 saturated heterocycles. The molecule has 0 unspecified atom stereocenters. The van der Waals surface area contributed by atoms with E-state index in [2.05, 4.69) is 21.7 Å². The van der Waals surface area contributed by atoms with Crippen LogP contribution in [-0.2, 0) is 13.0 Å². The summed E-state index contributed by atoms with van der Waals surface area (Å²) in [6, 6.07) is 8.86. The molecule has 1 aliphatic rings. The van der Waals surface area contributed by atoms with Crippen LogP contribution < -0.4 is 10.6 Å². The summed E-state index contributed by atoms with van der Waals surface area (Å²) in [5, 5.41) is 14.8. The van der Waals surface area contributed by atoms with E-state index in [-0.39, 0.29) is 17.4 Å². The Hall–Kier alpha value is -3.14. The number of nitrogens with one attached hydrogen (secondary N) is 2. The van der Waals surface area contributed by atoms with Gasteiger partial charge in [-0.3, -0.25) is 9.59 Å². The number of nitriles is 1. The minimum absolute atomic E-state index is 0.258. The maximum atomic E-state index is 12.8. The predicted molar refractivity (Wildman–Crippen MR) is 96.9 cm³/mol. The van der Waals surface area contributed by atoms with Gasteiger partial charge in [-0.25, -0.2) is 4.98 Å². The van der Waals surface area contributed by atoms with Crippen LogP contribution in [0.25, 0.3) is 0 Å². The zero-order valence-corrected chi connectivity index (χ0v) is 14.7. The van der Waals surface area contributed by atoms with E-state index in [0.717, 1.165) is 25.0 Å². The Labute approximate surface area is 152 Å². The van der Waals surface area contributed by atoms with E-state index in [1.807, 2.05) is 11.5 Å². The van der Waals surface area contributed by atoms with Crippen molar-refractivity contribution in [3.05, 3.63) is 47.0 Å². The van der Waals surface area contributed by atoms with Crippen LogP contribution in [0.3, 0.4) is 0 Å². The highest BCUT2D eigenvalue weighted by molar-refractivity contribution is 6.05. The van der Waals surface area contributed by atoms with Crippen molar-refractivity contribution in [3.63, 3.8) is 0 Å². The minimum Gasteiger partial charge on any atom is -0.349 e. The standard InChI is InChI=1S/C19H21N5O2/c1-2-10-21-19(26)17-23-16(15-9-5-6-11-24(15)17)18(25)22-14-8-4-3-7-13(14)12-20/h3-4,7-8H,2,5-6,9-11H2,1H3,(H,21,26)(H,22,25). The first kappa shape index (κ1) is 17.7. The van der Waals surface area contributed by atoms with E-state index in [0.29, 0.717) is 30.8 Å². The van der Waals surface area contributed by atoms with Crippen molar-refractivity contribution in [2.45, 2.75) is 39.2 Å².